The van der Waals surface area contributed by atoms with Crippen molar-refractivity contribution in [1.82, 2.24) is 15.0 Å². The number of aliphatic hydroxyl groups excluding tert-OH is 1. The van der Waals surface area contributed by atoms with Crippen molar-refractivity contribution in [2.24, 2.45) is 0 Å². The largest absolute Gasteiger partial charge is 0.395 e. The van der Waals surface area contributed by atoms with E-state index in [9.17, 15) is 5.11 Å². The van der Waals surface area contributed by atoms with Gasteiger partial charge >= 0.3 is 0 Å². The average Bonchev–Trinajstić information content (AvgIpc) is 2.96. The number of halogens is 1. The first-order valence-electron chi connectivity index (χ1n) is 6.78. The maximum absolute atomic E-state index is 9.36. The Morgan fingerprint density at radius 3 is 3.05 bits per heavy atom. The van der Waals surface area contributed by atoms with E-state index in [-0.39, 0.29) is 12.6 Å². The van der Waals surface area contributed by atoms with Gasteiger partial charge in [-0.1, -0.05) is 28.9 Å². The molecule has 1 aliphatic rings. The molecular formula is C14H16ClN3O3. The van der Waals surface area contributed by atoms with Gasteiger partial charge in [-0.05, 0) is 12.1 Å². The molecule has 1 aromatic heterocycles. The van der Waals surface area contributed by atoms with Crippen molar-refractivity contribution in [3.8, 4) is 11.5 Å². The summed E-state index contributed by atoms with van der Waals surface area (Å²) in [4.78, 5) is 6.47. The van der Waals surface area contributed by atoms with E-state index in [2.05, 4.69) is 15.0 Å². The number of benzene rings is 1. The van der Waals surface area contributed by atoms with Gasteiger partial charge in [0.1, 0.15) is 0 Å². The molecule has 1 fully saturated rings. The fourth-order valence-corrected chi connectivity index (χ4v) is 2.53. The Morgan fingerprint density at radius 2 is 2.24 bits per heavy atom. The molecule has 1 saturated heterocycles. The normalized spacial score (nSPS) is 19.8. The SMILES string of the molecule is OCC1COCCN1Cc1noc(-c2ccccc2Cl)n1. The Bertz CT molecular complexity index is 605. The van der Waals surface area contributed by atoms with Crippen LogP contribution in [0.2, 0.25) is 5.02 Å². The summed E-state index contributed by atoms with van der Waals surface area (Å²) in [6.45, 7) is 2.47. The molecule has 2 aromatic rings. The smallest absolute Gasteiger partial charge is 0.259 e. The molecule has 0 amide bonds. The summed E-state index contributed by atoms with van der Waals surface area (Å²) in [5.41, 5.74) is 0.721. The van der Waals surface area contributed by atoms with Gasteiger partial charge in [-0.15, -0.1) is 0 Å². The minimum atomic E-state index is -0.0268. The van der Waals surface area contributed by atoms with Crippen molar-refractivity contribution in [1.29, 1.82) is 0 Å². The number of hydrogen-bond donors (Lipinski definition) is 1. The second-order valence-electron chi connectivity index (χ2n) is 4.88. The highest BCUT2D eigenvalue weighted by atomic mass is 35.5. The van der Waals surface area contributed by atoms with Crippen LogP contribution in [0, 0.1) is 0 Å². The van der Waals surface area contributed by atoms with E-state index in [0.29, 0.717) is 36.5 Å². The van der Waals surface area contributed by atoms with Crippen LogP contribution in [0.5, 0.6) is 0 Å². The molecule has 1 aliphatic heterocycles. The molecule has 0 saturated carbocycles. The van der Waals surface area contributed by atoms with Gasteiger partial charge in [0, 0.05) is 6.54 Å². The van der Waals surface area contributed by atoms with Gasteiger partial charge in [0.25, 0.3) is 5.89 Å². The first kappa shape index (κ1) is 14.5. The predicted octanol–water partition coefficient (Wildman–Crippen LogP) is 1.58. The highest BCUT2D eigenvalue weighted by Gasteiger charge is 2.24. The van der Waals surface area contributed by atoms with Crippen LogP contribution >= 0.6 is 11.6 Å². The fraction of sp³-hybridized carbons (Fsp3) is 0.429. The van der Waals surface area contributed by atoms with E-state index in [0.717, 1.165) is 12.1 Å². The van der Waals surface area contributed by atoms with Crippen LogP contribution in [-0.2, 0) is 11.3 Å². The van der Waals surface area contributed by atoms with Crippen LogP contribution in [0.25, 0.3) is 11.5 Å². The quantitative estimate of drug-likeness (QED) is 0.924. The standard InChI is InChI=1S/C14H16ClN3O3/c15-12-4-2-1-3-11(12)14-16-13(17-21-14)7-18-5-6-20-9-10(18)8-19/h1-4,10,19H,5-9H2. The summed E-state index contributed by atoms with van der Waals surface area (Å²) < 4.78 is 10.6. The molecule has 1 atom stereocenters. The molecule has 0 aliphatic carbocycles. The van der Waals surface area contributed by atoms with E-state index < -0.39 is 0 Å². The van der Waals surface area contributed by atoms with Crippen LogP contribution in [0.3, 0.4) is 0 Å². The molecule has 7 heteroatoms. The van der Waals surface area contributed by atoms with Crippen LogP contribution in [0.4, 0.5) is 0 Å². The number of ether oxygens (including phenoxy) is 1. The van der Waals surface area contributed by atoms with Crippen molar-refractivity contribution in [2.75, 3.05) is 26.4 Å². The van der Waals surface area contributed by atoms with E-state index in [1.807, 2.05) is 18.2 Å². The molecule has 3 rings (SSSR count). The van der Waals surface area contributed by atoms with Crippen molar-refractivity contribution in [2.45, 2.75) is 12.6 Å². The van der Waals surface area contributed by atoms with Crippen LogP contribution in [0.15, 0.2) is 28.8 Å². The maximum Gasteiger partial charge on any atom is 0.259 e. The summed E-state index contributed by atoms with van der Waals surface area (Å²) in [6, 6.07) is 7.31. The number of nitrogens with zero attached hydrogens (tertiary/aromatic N) is 3. The minimum Gasteiger partial charge on any atom is -0.395 e. The monoisotopic (exact) mass is 309 g/mol. The van der Waals surface area contributed by atoms with Crippen LogP contribution in [0.1, 0.15) is 5.82 Å². The Morgan fingerprint density at radius 1 is 1.38 bits per heavy atom. The lowest BCUT2D eigenvalue weighted by molar-refractivity contribution is -0.0324. The lowest BCUT2D eigenvalue weighted by atomic mass is 10.2. The number of aromatic nitrogens is 2. The second-order valence-corrected chi connectivity index (χ2v) is 5.28. The van der Waals surface area contributed by atoms with Crippen molar-refractivity contribution in [3.63, 3.8) is 0 Å². The summed E-state index contributed by atoms with van der Waals surface area (Å²) in [7, 11) is 0. The third-order valence-electron chi connectivity index (χ3n) is 3.48. The fourth-order valence-electron chi connectivity index (χ4n) is 2.31. The van der Waals surface area contributed by atoms with Crippen molar-refractivity contribution in [3.05, 3.63) is 35.1 Å². The zero-order valence-electron chi connectivity index (χ0n) is 11.4. The van der Waals surface area contributed by atoms with Gasteiger partial charge in [0.2, 0.25) is 0 Å². The summed E-state index contributed by atoms with van der Waals surface area (Å²) >= 11 is 6.12. The van der Waals surface area contributed by atoms with E-state index in [1.165, 1.54) is 0 Å². The van der Waals surface area contributed by atoms with Gasteiger partial charge < -0.3 is 14.4 Å². The molecule has 1 N–H and O–H groups in total. The Kier molecular flexibility index (Phi) is 4.50. The number of rotatable bonds is 4. The average molecular weight is 310 g/mol. The maximum atomic E-state index is 9.36. The molecule has 0 bridgehead atoms. The first-order chi connectivity index (χ1) is 10.3. The lowest BCUT2D eigenvalue weighted by Crippen LogP contribution is -2.47. The Hall–Kier alpha value is -1.47. The highest BCUT2D eigenvalue weighted by Crippen LogP contribution is 2.26. The zero-order chi connectivity index (χ0) is 14.7. The lowest BCUT2D eigenvalue weighted by Gasteiger charge is -2.33. The third kappa shape index (κ3) is 3.24. The molecule has 2 heterocycles. The van der Waals surface area contributed by atoms with E-state index in [1.54, 1.807) is 6.07 Å². The van der Waals surface area contributed by atoms with Gasteiger partial charge in [-0.25, -0.2) is 0 Å². The molecule has 112 valence electrons. The van der Waals surface area contributed by atoms with E-state index >= 15 is 0 Å². The van der Waals surface area contributed by atoms with Crippen molar-refractivity contribution >= 4 is 11.6 Å². The molecular weight excluding hydrogens is 294 g/mol. The second kappa shape index (κ2) is 6.53. The van der Waals surface area contributed by atoms with Gasteiger partial charge in [0.15, 0.2) is 5.82 Å². The minimum absolute atomic E-state index is 0.0268. The topological polar surface area (TPSA) is 71.6 Å². The van der Waals surface area contributed by atoms with Crippen LogP contribution < -0.4 is 0 Å². The van der Waals surface area contributed by atoms with Gasteiger partial charge in [-0.3, -0.25) is 4.90 Å². The van der Waals surface area contributed by atoms with Crippen LogP contribution in [-0.4, -0.2) is 52.6 Å². The summed E-state index contributed by atoms with van der Waals surface area (Å²) in [5, 5.41) is 13.9. The summed E-state index contributed by atoms with van der Waals surface area (Å²) in [6.07, 6.45) is 0. The predicted molar refractivity (Wildman–Crippen MR) is 76.8 cm³/mol. The molecule has 6 nitrogen and oxygen atoms in total. The number of morpholine rings is 1. The van der Waals surface area contributed by atoms with Gasteiger partial charge in [0.05, 0.1) is 43.0 Å². The number of aliphatic hydroxyl groups is 1. The molecule has 1 unspecified atom stereocenters. The Labute approximate surface area is 127 Å². The zero-order valence-corrected chi connectivity index (χ0v) is 12.2. The van der Waals surface area contributed by atoms with E-state index in [4.69, 9.17) is 20.9 Å². The first-order valence-corrected chi connectivity index (χ1v) is 7.16. The summed E-state index contributed by atoms with van der Waals surface area (Å²) in [5.74, 6) is 0.981. The molecule has 0 radical (unpaired) electrons. The Balaban J connectivity index is 1.75. The number of hydrogen-bond acceptors (Lipinski definition) is 6. The molecule has 1 aromatic carbocycles. The highest BCUT2D eigenvalue weighted by molar-refractivity contribution is 6.33. The third-order valence-corrected chi connectivity index (χ3v) is 3.81. The van der Waals surface area contributed by atoms with Crippen molar-refractivity contribution < 1.29 is 14.4 Å². The molecule has 0 spiro atoms. The molecule has 21 heavy (non-hydrogen) atoms. The van der Waals surface area contributed by atoms with Gasteiger partial charge in [-0.2, -0.15) is 4.98 Å².